The molecule has 0 spiro atoms. The van der Waals surface area contributed by atoms with Gasteiger partial charge in [0.1, 0.15) is 11.5 Å². The SMILES string of the molecule is COCCNCC(C)(C)CCc1cc(OC)ccc1OC. The van der Waals surface area contributed by atoms with Gasteiger partial charge in [0.25, 0.3) is 0 Å². The highest BCUT2D eigenvalue weighted by Crippen LogP contribution is 2.29. The second kappa shape index (κ2) is 8.90. The van der Waals surface area contributed by atoms with E-state index in [0.717, 1.165) is 44.0 Å². The Morgan fingerprint density at radius 3 is 2.48 bits per heavy atom. The molecule has 4 nitrogen and oxygen atoms in total. The van der Waals surface area contributed by atoms with E-state index >= 15 is 0 Å². The molecule has 4 heteroatoms. The molecule has 1 aromatic carbocycles. The smallest absolute Gasteiger partial charge is 0.122 e. The fraction of sp³-hybridized carbons (Fsp3) is 0.647. The van der Waals surface area contributed by atoms with Crippen LogP contribution < -0.4 is 14.8 Å². The van der Waals surface area contributed by atoms with Gasteiger partial charge in [0.2, 0.25) is 0 Å². The van der Waals surface area contributed by atoms with E-state index in [9.17, 15) is 0 Å². The molecule has 0 heterocycles. The second-order valence-corrected chi connectivity index (χ2v) is 6.01. The van der Waals surface area contributed by atoms with Crippen LogP contribution in [0.2, 0.25) is 0 Å². The fourth-order valence-electron chi connectivity index (χ4n) is 2.24. The Morgan fingerprint density at radius 1 is 1.10 bits per heavy atom. The number of rotatable bonds is 10. The average molecular weight is 295 g/mol. The van der Waals surface area contributed by atoms with Gasteiger partial charge in [0.05, 0.1) is 20.8 Å². The van der Waals surface area contributed by atoms with Crippen LogP contribution in [0.3, 0.4) is 0 Å². The van der Waals surface area contributed by atoms with Crippen molar-refractivity contribution >= 4 is 0 Å². The monoisotopic (exact) mass is 295 g/mol. The third-order valence-electron chi connectivity index (χ3n) is 3.65. The number of nitrogens with one attached hydrogen (secondary N) is 1. The molecular formula is C17H29NO3. The van der Waals surface area contributed by atoms with E-state index in [0.29, 0.717) is 0 Å². The highest BCUT2D eigenvalue weighted by atomic mass is 16.5. The quantitative estimate of drug-likeness (QED) is 0.674. The first-order valence-electron chi connectivity index (χ1n) is 7.43. The predicted molar refractivity (Wildman–Crippen MR) is 86.4 cm³/mol. The lowest BCUT2D eigenvalue weighted by atomic mass is 9.86. The van der Waals surface area contributed by atoms with Crippen LogP contribution in [0.4, 0.5) is 0 Å². The van der Waals surface area contributed by atoms with Crippen LogP contribution >= 0.6 is 0 Å². The largest absolute Gasteiger partial charge is 0.497 e. The van der Waals surface area contributed by atoms with Crippen molar-refractivity contribution in [3.63, 3.8) is 0 Å². The molecule has 0 unspecified atom stereocenters. The summed E-state index contributed by atoms with van der Waals surface area (Å²) < 4.78 is 15.8. The van der Waals surface area contributed by atoms with Gasteiger partial charge in [-0.3, -0.25) is 0 Å². The summed E-state index contributed by atoms with van der Waals surface area (Å²) >= 11 is 0. The van der Waals surface area contributed by atoms with Gasteiger partial charge in [0.15, 0.2) is 0 Å². The van der Waals surface area contributed by atoms with Crippen LogP contribution in [-0.4, -0.2) is 41.0 Å². The van der Waals surface area contributed by atoms with Crippen LogP contribution in [0, 0.1) is 5.41 Å². The Hall–Kier alpha value is -1.26. The van der Waals surface area contributed by atoms with E-state index in [2.05, 4.69) is 25.2 Å². The van der Waals surface area contributed by atoms with Crippen LogP contribution in [0.15, 0.2) is 18.2 Å². The van der Waals surface area contributed by atoms with Crippen molar-refractivity contribution in [1.29, 1.82) is 0 Å². The number of ether oxygens (including phenoxy) is 3. The molecule has 120 valence electrons. The van der Waals surface area contributed by atoms with Crippen LogP contribution in [0.25, 0.3) is 0 Å². The molecular weight excluding hydrogens is 266 g/mol. The first-order chi connectivity index (χ1) is 10.0. The molecule has 0 atom stereocenters. The zero-order valence-electron chi connectivity index (χ0n) is 14.0. The van der Waals surface area contributed by atoms with E-state index in [1.165, 1.54) is 5.56 Å². The Kier molecular flexibility index (Phi) is 7.54. The summed E-state index contributed by atoms with van der Waals surface area (Å²) in [6.45, 7) is 7.17. The molecule has 1 N–H and O–H groups in total. The molecule has 0 radical (unpaired) electrons. The number of benzene rings is 1. The molecule has 0 saturated carbocycles. The highest BCUT2D eigenvalue weighted by molar-refractivity contribution is 5.40. The van der Waals surface area contributed by atoms with Gasteiger partial charge in [0, 0.05) is 20.2 Å². The van der Waals surface area contributed by atoms with Crippen LogP contribution in [0.1, 0.15) is 25.8 Å². The standard InChI is InChI=1S/C17H29NO3/c1-17(2,13-18-10-11-19-3)9-8-14-12-15(20-4)6-7-16(14)21-5/h6-7,12,18H,8-11,13H2,1-5H3. The second-order valence-electron chi connectivity index (χ2n) is 6.01. The minimum atomic E-state index is 0.224. The topological polar surface area (TPSA) is 39.7 Å². The summed E-state index contributed by atoms with van der Waals surface area (Å²) in [5.74, 6) is 1.81. The molecule has 0 aliphatic heterocycles. The van der Waals surface area contributed by atoms with Crippen molar-refractivity contribution in [1.82, 2.24) is 5.32 Å². The first kappa shape index (κ1) is 17.8. The van der Waals surface area contributed by atoms with Crippen molar-refractivity contribution in [2.24, 2.45) is 5.41 Å². The highest BCUT2D eigenvalue weighted by Gasteiger charge is 2.18. The number of methoxy groups -OCH3 is 3. The van der Waals surface area contributed by atoms with Crippen molar-refractivity contribution in [3.8, 4) is 11.5 Å². The number of hydrogen-bond acceptors (Lipinski definition) is 4. The first-order valence-corrected chi connectivity index (χ1v) is 7.43. The molecule has 0 saturated heterocycles. The molecule has 0 aliphatic carbocycles. The van der Waals surface area contributed by atoms with Crippen LogP contribution in [-0.2, 0) is 11.2 Å². The van der Waals surface area contributed by atoms with Gasteiger partial charge in [-0.2, -0.15) is 0 Å². The van der Waals surface area contributed by atoms with Crippen LogP contribution in [0.5, 0.6) is 11.5 Å². The Morgan fingerprint density at radius 2 is 1.86 bits per heavy atom. The van der Waals surface area contributed by atoms with E-state index in [1.54, 1.807) is 21.3 Å². The summed E-state index contributed by atoms with van der Waals surface area (Å²) in [6, 6.07) is 5.96. The van der Waals surface area contributed by atoms with Gasteiger partial charge in [-0.25, -0.2) is 0 Å². The fourth-order valence-corrected chi connectivity index (χ4v) is 2.24. The van der Waals surface area contributed by atoms with Gasteiger partial charge in [-0.1, -0.05) is 13.8 Å². The summed E-state index contributed by atoms with van der Waals surface area (Å²) in [5, 5.41) is 3.43. The normalized spacial score (nSPS) is 11.5. The van der Waals surface area contributed by atoms with Gasteiger partial charge in [-0.05, 0) is 42.0 Å². The summed E-state index contributed by atoms with van der Waals surface area (Å²) in [6.07, 6.45) is 2.05. The van der Waals surface area contributed by atoms with E-state index in [-0.39, 0.29) is 5.41 Å². The molecule has 1 aromatic rings. The maximum absolute atomic E-state index is 5.44. The number of aryl methyl sites for hydroxylation is 1. The zero-order valence-corrected chi connectivity index (χ0v) is 14.0. The third kappa shape index (κ3) is 6.36. The summed E-state index contributed by atoms with van der Waals surface area (Å²) in [5.41, 5.74) is 1.42. The zero-order chi connectivity index (χ0) is 15.7. The van der Waals surface area contributed by atoms with E-state index in [1.807, 2.05) is 12.1 Å². The van der Waals surface area contributed by atoms with Gasteiger partial charge >= 0.3 is 0 Å². The Balaban J connectivity index is 2.56. The van der Waals surface area contributed by atoms with Crippen molar-refractivity contribution in [2.45, 2.75) is 26.7 Å². The molecule has 0 fully saturated rings. The lowest BCUT2D eigenvalue weighted by molar-refractivity contribution is 0.193. The minimum absolute atomic E-state index is 0.224. The molecule has 21 heavy (non-hydrogen) atoms. The summed E-state index contributed by atoms with van der Waals surface area (Å²) in [7, 11) is 5.12. The molecule has 0 aliphatic rings. The lowest BCUT2D eigenvalue weighted by Crippen LogP contribution is -2.32. The molecule has 0 aromatic heterocycles. The van der Waals surface area contributed by atoms with Gasteiger partial charge in [-0.15, -0.1) is 0 Å². The maximum Gasteiger partial charge on any atom is 0.122 e. The van der Waals surface area contributed by atoms with E-state index < -0.39 is 0 Å². The summed E-state index contributed by atoms with van der Waals surface area (Å²) in [4.78, 5) is 0. The van der Waals surface area contributed by atoms with Crippen molar-refractivity contribution < 1.29 is 14.2 Å². The molecule has 0 amide bonds. The Bertz CT molecular complexity index is 418. The Labute approximate surface area is 128 Å². The van der Waals surface area contributed by atoms with E-state index in [4.69, 9.17) is 14.2 Å². The minimum Gasteiger partial charge on any atom is -0.497 e. The lowest BCUT2D eigenvalue weighted by Gasteiger charge is -2.25. The predicted octanol–water partition coefficient (Wildman–Crippen LogP) is 2.90. The maximum atomic E-state index is 5.44. The van der Waals surface area contributed by atoms with Crippen molar-refractivity contribution in [3.05, 3.63) is 23.8 Å². The average Bonchev–Trinajstić information content (AvgIpc) is 2.49. The van der Waals surface area contributed by atoms with Gasteiger partial charge < -0.3 is 19.5 Å². The number of hydrogen-bond donors (Lipinski definition) is 1. The van der Waals surface area contributed by atoms with Crippen molar-refractivity contribution in [2.75, 3.05) is 41.0 Å². The molecule has 0 bridgehead atoms. The molecule has 1 rings (SSSR count). The third-order valence-corrected chi connectivity index (χ3v) is 3.65.